The second-order valence-electron chi connectivity index (χ2n) is 3.34. The van der Waals surface area contributed by atoms with Crippen molar-refractivity contribution in [1.82, 2.24) is 19.9 Å². The highest BCUT2D eigenvalue weighted by Gasteiger charge is 2.11. The quantitative estimate of drug-likeness (QED) is 0.637. The molecule has 0 amide bonds. The van der Waals surface area contributed by atoms with Gasteiger partial charge in [0.25, 0.3) is 5.56 Å². The van der Waals surface area contributed by atoms with Crippen LogP contribution in [0.5, 0.6) is 0 Å². The molecule has 3 rings (SSSR count). The monoisotopic (exact) mass is 311 g/mol. The first-order valence-corrected chi connectivity index (χ1v) is 6.25. The Labute approximate surface area is 107 Å². The van der Waals surface area contributed by atoms with Crippen LogP contribution in [0.3, 0.4) is 0 Å². The van der Waals surface area contributed by atoms with Gasteiger partial charge < -0.3 is 10.7 Å². The summed E-state index contributed by atoms with van der Waals surface area (Å²) in [6, 6.07) is 3.82. The van der Waals surface area contributed by atoms with E-state index in [1.54, 1.807) is 0 Å². The van der Waals surface area contributed by atoms with Crippen LogP contribution in [-0.4, -0.2) is 19.9 Å². The van der Waals surface area contributed by atoms with Crippen molar-refractivity contribution in [3.63, 3.8) is 0 Å². The van der Waals surface area contributed by atoms with Gasteiger partial charge in [0.1, 0.15) is 0 Å². The van der Waals surface area contributed by atoms with Gasteiger partial charge in [0.05, 0.1) is 8.66 Å². The van der Waals surface area contributed by atoms with E-state index in [1.165, 1.54) is 11.3 Å². The van der Waals surface area contributed by atoms with Crippen molar-refractivity contribution in [1.29, 1.82) is 0 Å². The van der Waals surface area contributed by atoms with E-state index in [0.717, 1.165) is 8.66 Å². The summed E-state index contributed by atoms with van der Waals surface area (Å²) in [5.41, 5.74) is 5.79. The molecule has 6 nitrogen and oxygen atoms in total. The molecule has 0 saturated heterocycles. The van der Waals surface area contributed by atoms with Gasteiger partial charge in [0.15, 0.2) is 17.0 Å². The van der Waals surface area contributed by atoms with Crippen molar-refractivity contribution in [2.45, 2.75) is 0 Å². The van der Waals surface area contributed by atoms with Crippen molar-refractivity contribution in [2.75, 3.05) is 5.73 Å². The molecule has 3 aromatic heterocycles. The van der Waals surface area contributed by atoms with Crippen LogP contribution < -0.4 is 11.3 Å². The third-order valence-corrected chi connectivity index (χ3v) is 3.82. The molecule has 3 aromatic rings. The van der Waals surface area contributed by atoms with Crippen LogP contribution in [0.4, 0.5) is 5.95 Å². The third kappa shape index (κ3) is 1.75. The summed E-state index contributed by atoms with van der Waals surface area (Å²) in [7, 11) is 0. The van der Waals surface area contributed by atoms with Gasteiger partial charge in [-0.25, -0.2) is 4.98 Å². The molecule has 0 aliphatic rings. The number of nitrogens with one attached hydrogen (secondary N) is 2. The standard InChI is InChI=1S/C9H6BrN5OS/c10-4-2-1-3(17-4)6-12-5-7(13-6)14-9(11)15-8(5)16/h1-2H,(H4,11,12,13,14,15,16). The van der Waals surface area contributed by atoms with Crippen molar-refractivity contribution in [2.24, 2.45) is 0 Å². The Bertz CT molecular complexity index is 758. The molecular weight excluding hydrogens is 306 g/mol. The average Bonchev–Trinajstić information content (AvgIpc) is 2.83. The van der Waals surface area contributed by atoms with E-state index in [0.29, 0.717) is 17.0 Å². The smallest absolute Gasteiger partial charge is 0.278 e. The molecule has 4 N–H and O–H groups in total. The van der Waals surface area contributed by atoms with Crippen LogP contribution in [0.1, 0.15) is 0 Å². The SMILES string of the molecule is Nc1nc2nc(-c3ccc(Br)s3)[nH]c2c(=O)[nH]1. The van der Waals surface area contributed by atoms with Crippen molar-refractivity contribution in [3.05, 3.63) is 26.3 Å². The van der Waals surface area contributed by atoms with Crippen molar-refractivity contribution < 1.29 is 0 Å². The lowest BCUT2D eigenvalue weighted by atomic mass is 10.4. The summed E-state index contributed by atoms with van der Waals surface area (Å²) in [4.78, 5) is 26.1. The first kappa shape index (κ1) is 10.5. The maximum Gasteiger partial charge on any atom is 0.278 e. The number of hydrogen-bond donors (Lipinski definition) is 3. The van der Waals surface area contributed by atoms with Crippen LogP contribution in [-0.2, 0) is 0 Å². The fourth-order valence-electron chi connectivity index (χ4n) is 1.48. The summed E-state index contributed by atoms with van der Waals surface area (Å²) in [5.74, 6) is 0.673. The zero-order valence-electron chi connectivity index (χ0n) is 8.32. The molecule has 0 unspecified atom stereocenters. The lowest BCUT2D eigenvalue weighted by molar-refractivity contribution is 1.17. The molecule has 0 aromatic carbocycles. The van der Waals surface area contributed by atoms with Gasteiger partial charge in [0.2, 0.25) is 5.95 Å². The van der Waals surface area contributed by atoms with Gasteiger partial charge >= 0.3 is 0 Å². The summed E-state index contributed by atoms with van der Waals surface area (Å²) in [5, 5.41) is 0. The van der Waals surface area contributed by atoms with Crippen molar-refractivity contribution >= 4 is 44.4 Å². The molecule has 0 bridgehead atoms. The Morgan fingerprint density at radius 2 is 2.12 bits per heavy atom. The summed E-state index contributed by atoms with van der Waals surface area (Å²) in [6.07, 6.45) is 0. The van der Waals surface area contributed by atoms with Gasteiger partial charge in [-0.15, -0.1) is 11.3 Å². The van der Waals surface area contributed by atoms with Gasteiger partial charge in [-0.1, -0.05) is 0 Å². The topological polar surface area (TPSA) is 100 Å². The Balaban J connectivity index is 2.27. The maximum atomic E-state index is 11.6. The van der Waals surface area contributed by atoms with Crippen LogP contribution in [0.25, 0.3) is 21.9 Å². The number of hydrogen-bond acceptors (Lipinski definition) is 5. The average molecular weight is 312 g/mol. The van der Waals surface area contributed by atoms with Crippen molar-refractivity contribution in [3.8, 4) is 10.7 Å². The first-order chi connectivity index (χ1) is 8.13. The summed E-state index contributed by atoms with van der Waals surface area (Å²) in [6.45, 7) is 0. The maximum absolute atomic E-state index is 11.6. The number of nitrogens with zero attached hydrogens (tertiary/aromatic N) is 2. The molecule has 0 atom stereocenters. The number of anilines is 1. The zero-order chi connectivity index (χ0) is 12.0. The highest BCUT2D eigenvalue weighted by molar-refractivity contribution is 9.11. The highest BCUT2D eigenvalue weighted by Crippen LogP contribution is 2.29. The molecule has 0 aliphatic carbocycles. The van der Waals surface area contributed by atoms with Gasteiger partial charge in [-0.2, -0.15) is 4.98 Å². The number of nitrogen functional groups attached to an aromatic ring is 1. The Kier molecular flexibility index (Phi) is 2.26. The van der Waals surface area contributed by atoms with E-state index in [2.05, 4.69) is 35.9 Å². The fraction of sp³-hybridized carbons (Fsp3) is 0. The fourth-order valence-corrected chi connectivity index (χ4v) is 2.81. The summed E-state index contributed by atoms with van der Waals surface area (Å²) >= 11 is 4.89. The highest BCUT2D eigenvalue weighted by atomic mass is 79.9. The van der Waals surface area contributed by atoms with E-state index in [9.17, 15) is 4.79 Å². The lowest BCUT2D eigenvalue weighted by Crippen LogP contribution is -2.10. The van der Waals surface area contributed by atoms with Crippen LogP contribution >= 0.6 is 27.3 Å². The number of halogens is 1. The van der Waals surface area contributed by atoms with E-state index < -0.39 is 0 Å². The molecule has 3 heterocycles. The molecule has 0 aliphatic heterocycles. The first-order valence-electron chi connectivity index (χ1n) is 4.65. The predicted octanol–water partition coefficient (Wildman–Crippen LogP) is 1.72. The molecule has 86 valence electrons. The number of nitrogens with two attached hydrogens (primary N) is 1. The van der Waals surface area contributed by atoms with Gasteiger partial charge in [-0.05, 0) is 28.1 Å². The minimum Gasteiger partial charge on any atom is -0.369 e. The van der Waals surface area contributed by atoms with Gasteiger partial charge in [0, 0.05) is 0 Å². The van der Waals surface area contributed by atoms with E-state index in [-0.39, 0.29) is 11.5 Å². The Hall–Kier alpha value is -1.67. The van der Waals surface area contributed by atoms with E-state index in [4.69, 9.17) is 5.73 Å². The number of thiophene rings is 1. The van der Waals surface area contributed by atoms with Crippen LogP contribution in [0, 0.1) is 0 Å². The number of fused-ring (bicyclic) bond motifs is 1. The van der Waals surface area contributed by atoms with Crippen LogP contribution in [0.15, 0.2) is 20.7 Å². The molecule has 0 spiro atoms. The Morgan fingerprint density at radius 1 is 1.29 bits per heavy atom. The van der Waals surface area contributed by atoms with E-state index >= 15 is 0 Å². The zero-order valence-corrected chi connectivity index (χ0v) is 10.7. The number of rotatable bonds is 1. The largest absolute Gasteiger partial charge is 0.369 e. The number of aromatic amines is 2. The molecule has 0 radical (unpaired) electrons. The van der Waals surface area contributed by atoms with E-state index in [1.807, 2.05) is 12.1 Å². The number of imidazole rings is 1. The number of aromatic nitrogens is 4. The third-order valence-electron chi connectivity index (χ3n) is 2.19. The van der Waals surface area contributed by atoms with Crippen LogP contribution in [0.2, 0.25) is 0 Å². The molecule has 17 heavy (non-hydrogen) atoms. The summed E-state index contributed by atoms with van der Waals surface area (Å²) < 4.78 is 0.995. The molecule has 0 fully saturated rings. The molecular formula is C9H6BrN5OS. The Morgan fingerprint density at radius 3 is 2.82 bits per heavy atom. The minimum atomic E-state index is -0.318. The normalized spacial score (nSPS) is 11.1. The second kappa shape index (κ2) is 3.67. The van der Waals surface area contributed by atoms with Gasteiger partial charge in [-0.3, -0.25) is 9.78 Å². The minimum absolute atomic E-state index is 0.0629. The predicted molar refractivity (Wildman–Crippen MR) is 69.9 cm³/mol. The second-order valence-corrected chi connectivity index (χ2v) is 5.80. The molecule has 8 heteroatoms. The molecule has 0 saturated carbocycles. The number of H-pyrrole nitrogens is 2. The lowest BCUT2D eigenvalue weighted by Gasteiger charge is -1.89.